The van der Waals surface area contributed by atoms with Crippen molar-refractivity contribution < 1.29 is 13.2 Å². The van der Waals surface area contributed by atoms with Gasteiger partial charge in [-0.05, 0) is 48.6 Å². The summed E-state index contributed by atoms with van der Waals surface area (Å²) in [6, 6.07) is 13.8. The van der Waals surface area contributed by atoms with Crippen LogP contribution in [0.3, 0.4) is 0 Å². The number of benzene rings is 2. The van der Waals surface area contributed by atoms with Gasteiger partial charge in [0.05, 0.1) is 16.3 Å². The van der Waals surface area contributed by atoms with E-state index in [1.54, 1.807) is 28.8 Å². The van der Waals surface area contributed by atoms with Gasteiger partial charge in [0, 0.05) is 22.9 Å². The van der Waals surface area contributed by atoms with Gasteiger partial charge in [-0.2, -0.15) is 0 Å². The number of anilines is 1. The van der Waals surface area contributed by atoms with Crippen LogP contribution in [0, 0.1) is 0 Å². The Labute approximate surface area is 157 Å². The van der Waals surface area contributed by atoms with Crippen LogP contribution in [0.2, 0.25) is 5.02 Å². The molecule has 0 N–H and O–H groups in total. The molecular formula is C18H18ClNO3S2. The minimum absolute atomic E-state index is 0.0377. The van der Waals surface area contributed by atoms with Gasteiger partial charge in [0.2, 0.25) is 5.91 Å². The van der Waals surface area contributed by atoms with Crippen LogP contribution in [0.25, 0.3) is 0 Å². The van der Waals surface area contributed by atoms with Gasteiger partial charge in [-0.1, -0.05) is 23.7 Å². The SMILES string of the molecule is O=C(CCS(=O)(=O)c1ccc(Cl)cc1)N1CCCSc2ccccc21. The Bertz CT molecular complexity index is 866. The molecule has 0 atom stereocenters. The number of hydrogen-bond acceptors (Lipinski definition) is 4. The first-order chi connectivity index (χ1) is 12.0. The Balaban J connectivity index is 1.73. The lowest BCUT2D eigenvalue weighted by Gasteiger charge is -2.22. The molecule has 1 aliphatic rings. The maximum Gasteiger partial charge on any atom is 0.228 e. The first-order valence-electron chi connectivity index (χ1n) is 7.98. The molecule has 25 heavy (non-hydrogen) atoms. The van der Waals surface area contributed by atoms with Crippen LogP contribution in [0.5, 0.6) is 0 Å². The van der Waals surface area contributed by atoms with Gasteiger partial charge in [0.1, 0.15) is 0 Å². The van der Waals surface area contributed by atoms with E-state index in [1.807, 2.05) is 24.3 Å². The third-order valence-corrected chi connectivity index (χ3v) is 7.13. The molecule has 0 aliphatic carbocycles. The van der Waals surface area contributed by atoms with Gasteiger partial charge in [-0.25, -0.2) is 8.42 Å². The van der Waals surface area contributed by atoms with Crippen molar-refractivity contribution in [2.45, 2.75) is 22.6 Å². The molecule has 2 aromatic carbocycles. The van der Waals surface area contributed by atoms with Crippen molar-refractivity contribution in [3.05, 3.63) is 53.6 Å². The Morgan fingerprint density at radius 2 is 1.84 bits per heavy atom. The monoisotopic (exact) mass is 395 g/mol. The zero-order chi connectivity index (χ0) is 17.9. The van der Waals surface area contributed by atoms with Crippen molar-refractivity contribution in [2.75, 3.05) is 23.0 Å². The predicted octanol–water partition coefficient (Wildman–Crippen LogP) is 4.03. The van der Waals surface area contributed by atoms with Crippen molar-refractivity contribution in [2.24, 2.45) is 0 Å². The number of rotatable bonds is 4. The third-order valence-electron chi connectivity index (χ3n) is 4.00. The fourth-order valence-corrected chi connectivity index (χ4v) is 5.05. The molecule has 132 valence electrons. The Morgan fingerprint density at radius 1 is 1.12 bits per heavy atom. The molecule has 1 aliphatic heterocycles. The van der Waals surface area contributed by atoms with Crippen LogP contribution in [0.4, 0.5) is 5.69 Å². The molecule has 1 heterocycles. The quantitative estimate of drug-likeness (QED) is 0.784. The van der Waals surface area contributed by atoms with Crippen LogP contribution >= 0.6 is 23.4 Å². The van der Waals surface area contributed by atoms with Gasteiger partial charge in [0.15, 0.2) is 9.84 Å². The van der Waals surface area contributed by atoms with Crippen molar-refractivity contribution in [1.29, 1.82) is 0 Å². The molecule has 0 bridgehead atoms. The van der Waals surface area contributed by atoms with Gasteiger partial charge in [-0.15, -0.1) is 11.8 Å². The molecule has 0 saturated heterocycles. The maximum atomic E-state index is 12.7. The molecule has 3 rings (SSSR count). The summed E-state index contributed by atoms with van der Waals surface area (Å²) in [5, 5.41) is 0.480. The summed E-state index contributed by atoms with van der Waals surface area (Å²) < 4.78 is 24.9. The topological polar surface area (TPSA) is 54.5 Å². The van der Waals surface area contributed by atoms with Crippen LogP contribution in [0.15, 0.2) is 58.3 Å². The van der Waals surface area contributed by atoms with E-state index in [9.17, 15) is 13.2 Å². The lowest BCUT2D eigenvalue weighted by Crippen LogP contribution is -2.33. The molecule has 0 fully saturated rings. The van der Waals surface area contributed by atoms with Crippen molar-refractivity contribution >= 4 is 44.8 Å². The third kappa shape index (κ3) is 4.37. The van der Waals surface area contributed by atoms with E-state index in [4.69, 9.17) is 11.6 Å². The predicted molar refractivity (Wildman–Crippen MR) is 102 cm³/mol. The average molecular weight is 396 g/mol. The van der Waals surface area contributed by atoms with Crippen LogP contribution in [-0.4, -0.2) is 32.4 Å². The summed E-state index contributed by atoms with van der Waals surface area (Å²) in [5.74, 6) is 0.579. The highest BCUT2D eigenvalue weighted by molar-refractivity contribution is 7.99. The molecule has 1 amide bonds. The maximum absolute atomic E-state index is 12.7. The second-order valence-corrected chi connectivity index (χ2v) is 9.42. The molecule has 2 aromatic rings. The van der Waals surface area contributed by atoms with Gasteiger partial charge < -0.3 is 4.90 Å². The number of nitrogens with zero attached hydrogens (tertiary/aromatic N) is 1. The number of carbonyl (C=O) groups excluding carboxylic acids is 1. The standard InChI is InChI=1S/C18H18ClNO3S2/c19-14-6-8-15(9-7-14)25(22,23)13-10-18(21)20-11-3-12-24-17-5-2-1-4-16(17)20/h1-2,4-9H,3,10-13H2. The highest BCUT2D eigenvalue weighted by atomic mass is 35.5. The van der Waals surface area contributed by atoms with Crippen molar-refractivity contribution in [3.63, 3.8) is 0 Å². The number of fused-ring (bicyclic) bond motifs is 1. The van der Waals surface area contributed by atoms with Crippen LogP contribution in [0.1, 0.15) is 12.8 Å². The minimum Gasteiger partial charge on any atom is -0.311 e. The Hall–Kier alpha value is -1.50. The number of para-hydroxylation sites is 1. The Kier molecular flexibility index (Phi) is 5.71. The lowest BCUT2D eigenvalue weighted by molar-refractivity contribution is -0.118. The first-order valence-corrected chi connectivity index (χ1v) is 11.0. The summed E-state index contributed by atoms with van der Waals surface area (Å²) in [4.78, 5) is 15.6. The lowest BCUT2D eigenvalue weighted by atomic mass is 10.2. The summed E-state index contributed by atoms with van der Waals surface area (Å²) in [5.41, 5.74) is 0.874. The molecule has 0 radical (unpaired) electrons. The zero-order valence-electron chi connectivity index (χ0n) is 13.5. The van der Waals surface area contributed by atoms with E-state index in [0.29, 0.717) is 11.6 Å². The largest absolute Gasteiger partial charge is 0.311 e. The Morgan fingerprint density at radius 3 is 2.60 bits per heavy atom. The summed E-state index contributed by atoms with van der Waals surface area (Å²) >= 11 is 7.52. The highest BCUT2D eigenvalue weighted by Crippen LogP contribution is 2.33. The first kappa shape index (κ1) is 18.3. The number of thioether (sulfide) groups is 1. The van der Waals surface area contributed by atoms with E-state index < -0.39 is 9.84 Å². The summed E-state index contributed by atoms with van der Waals surface area (Å²) in [6.07, 6.45) is 0.846. The number of sulfone groups is 1. The van der Waals surface area contributed by atoms with E-state index in [-0.39, 0.29) is 23.0 Å². The number of hydrogen-bond donors (Lipinski definition) is 0. The number of halogens is 1. The van der Waals surface area contributed by atoms with Crippen molar-refractivity contribution in [3.8, 4) is 0 Å². The molecule has 4 nitrogen and oxygen atoms in total. The second kappa shape index (κ2) is 7.81. The van der Waals surface area contributed by atoms with Crippen LogP contribution < -0.4 is 4.90 Å². The van der Waals surface area contributed by atoms with E-state index in [2.05, 4.69) is 0 Å². The molecule has 0 spiro atoms. The van der Waals surface area contributed by atoms with Gasteiger partial charge in [-0.3, -0.25) is 4.79 Å². The fraction of sp³-hybridized carbons (Fsp3) is 0.278. The van der Waals surface area contributed by atoms with Crippen LogP contribution in [-0.2, 0) is 14.6 Å². The molecule has 0 unspecified atom stereocenters. The second-order valence-electron chi connectivity index (χ2n) is 5.74. The normalized spacial score (nSPS) is 14.7. The van der Waals surface area contributed by atoms with Gasteiger partial charge >= 0.3 is 0 Å². The smallest absolute Gasteiger partial charge is 0.228 e. The molecule has 0 aromatic heterocycles. The fourth-order valence-electron chi connectivity index (χ4n) is 2.70. The van der Waals surface area contributed by atoms with E-state index in [1.165, 1.54) is 12.1 Å². The van der Waals surface area contributed by atoms with Gasteiger partial charge in [0.25, 0.3) is 0 Å². The molecular weight excluding hydrogens is 378 g/mol. The molecule has 0 saturated carbocycles. The van der Waals surface area contributed by atoms with Crippen molar-refractivity contribution in [1.82, 2.24) is 0 Å². The number of amides is 1. The average Bonchev–Trinajstić information content (AvgIpc) is 2.83. The number of carbonyl (C=O) groups is 1. The van der Waals surface area contributed by atoms with E-state index >= 15 is 0 Å². The highest BCUT2D eigenvalue weighted by Gasteiger charge is 2.23. The van der Waals surface area contributed by atoms with E-state index in [0.717, 1.165) is 22.8 Å². The zero-order valence-corrected chi connectivity index (χ0v) is 15.9. The molecule has 7 heteroatoms. The minimum atomic E-state index is -3.51. The summed E-state index contributed by atoms with van der Waals surface area (Å²) in [7, 11) is -3.51. The summed E-state index contributed by atoms with van der Waals surface area (Å²) in [6.45, 7) is 0.615.